The fourth-order valence-corrected chi connectivity index (χ4v) is 4.43. The van der Waals surface area contributed by atoms with Crippen molar-refractivity contribution in [1.82, 2.24) is 4.90 Å². The summed E-state index contributed by atoms with van der Waals surface area (Å²) in [4.78, 5) is 13.8. The van der Waals surface area contributed by atoms with Crippen LogP contribution in [0.15, 0.2) is 18.2 Å². The van der Waals surface area contributed by atoms with Crippen LogP contribution in [0, 0.1) is 6.92 Å². The zero-order valence-electron chi connectivity index (χ0n) is 14.2. The molecule has 1 saturated heterocycles. The molecular weight excluding hydrogens is 314 g/mol. The van der Waals surface area contributed by atoms with Crippen molar-refractivity contribution in [2.24, 2.45) is 0 Å². The molecule has 5 nitrogen and oxygen atoms in total. The first-order valence-electron chi connectivity index (χ1n) is 7.89. The van der Waals surface area contributed by atoms with Crippen molar-refractivity contribution in [3.8, 4) is 5.75 Å². The molecule has 0 bridgehead atoms. The van der Waals surface area contributed by atoms with Crippen LogP contribution in [-0.2, 0) is 14.6 Å². The zero-order chi connectivity index (χ0) is 17.2. The maximum absolute atomic E-state index is 12.3. The molecule has 1 aliphatic rings. The van der Waals surface area contributed by atoms with E-state index in [4.69, 9.17) is 4.74 Å². The minimum absolute atomic E-state index is 0.0527. The van der Waals surface area contributed by atoms with E-state index < -0.39 is 9.84 Å². The van der Waals surface area contributed by atoms with Crippen LogP contribution in [0.25, 0.3) is 0 Å². The van der Waals surface area contributed by atoms with Crippen LogP contribution < -0.4 is 4.74 Å². The topological polar surface area (TPSA) is 63.7 Å². The van der Waals surface area contributed by atoms with Gasteiger partial charge in [0.05, 0.1) is 11.5 Å². The Bertz CT molecular complexity index is 682. The van der Waals surface area contributed by atoms with Crippen molar-refractivity contribution in [2.45, 2.75) is 39.2 Å². The molecule has 0 aliphatic carbocycles. The van der Waals surface area contributed by atoms with Crippen LogP contribution in [0.4, 0.5) is 0 Å². The van der Waals surface area contributed by atoms with Crippen molar-refractivity contribution in [1.29, 1.82) is 0 Å². The Labute approximate surface area is 138 Å². The maximum Gasteiger partial charge on any atom is 0.260 e. The van der Waals surface area contributed by atoms with Gasteiger partial charge in [0.1, 0.15) is 5.75 Å². The second kappa shape index (κ2) is 6.91. The largest absolute Gasteiger partial charge is 0.483 e. The molecule has 1 aromatic rings. The second-order valence-corrected chi connectivity index (χ2v) is 8.76. The number of ether oxygens (including phenoxy) is 1. The number of hydrogen-bond acceptors (Lipinski definition) is 4. The molecule has 128 valence electrons. The molecule has 0 N–H and O–H groups in total. The molecule has 1 atom stereocenters. The van der Waals surface area contributed by atoms with Gasteiger partial charge in [-0.15, -0.1) is 0 Å². The fourth-order valence-electron chi connectivity index (χ4n) is 2.66. The molecule has 0 saturated carbocycles. The van der Waals surface area contributed by atoms with Crippen molar-refractivity contribution in [3.05, 3.63) is 29.3 Å². The molecule has 0 unspecified atom stereocenters. The summed E-state index contributed by atoms with van der Waals surface area (Å²) in [5, 5.41) is 0. The lowest BCUT2D eigenvalue weighted by Gasteiger charge is -2.23. The van der Waals surface area contributed by atoms with Crippen LogP contribution in [0.2, 0.25) is 0 Å². The lowest BCUT2D eigenvalue weighted by Crippen LogP contribution is -2.40. The van der Waals surface area contributed by atoms with Gasteiger partial charge in [0, 0.05) is 13.1 Å². The normalized spacial score (nSPS) is 19.8. The summed E-state index contributed by atoms with van der Waals surface area (Å²) < 4.78 is 28.7. The molecule has 1 aromatic carbocycles. The first-order valence-corrected chi connectivity index (χ1v) is 9.71. The second-order valence-electron chi connectivity index (χ2n) is 6.53. The highest BCUT2D eigenvalue weighted by atomic mass is 32.2. The third kappa shape index (κ3) is 4.47. The van der Waals surface area contributed by atoms with E-state index in [0.29, 0.717) is 18.1 Å². The minimum Gasteiger partial charge on any atom is -0.483 e. The van der Waals surface area contributed by atoms with Crippen molar-refractivity contribution in [3.63, 3.8) is 0 Å². The van der Waals surface area contributed by atoms with Gasteiger partial charge in [-0.05, 0) is 36.5 Å². The predicted molar refractivity (Wildman–Crippen MR) is 90.6 cm³/mol. The summed E-state index contributed by atoms with van der Waals surface area (Å²) in [6.07, 6.45) is 0.506. The Morgan fingerprint density at radius 1 is 1.39 bits per heavy atom. The van der Waals surface area contributed by atoms with Crippen molar-refractivity contribution < 1.29 is 17.9 Å². The Morgan fingerprint density at radius 2 is 2.09 bits per heavy atom. The van der Waals surface area contributed by atoms with Gasteiger partial charge in [0.2, 0.25) is 0 Å². The summed E-state index contributed by atoms with van der Waals surface area (Å²) in [7, 11) is -1.35. The van der Waals surface area contributed by atoms with Gasteiger partial charge in [-0.3, -0.25) is 4.79 Å². The van der Waals surface area contributed by atoms with E-state index in [2.05, 4.69) is 19.9 Å². The number of aryl methyl sites for hydroxylation is 1. The molecule has 1 aliphatic heterocycles. The van der Waals surface area contributed by atoms with Gasteiger partial charge in [0.25, 0.3) is 5.91 Å². The molecule has 1 fully saturated rings. The van der Waals surface area contributed by atoms with Gasteiger partial charge in [-0.25, -0.2) is 8.42 Å². The summed E-state index contributed by atoms with van der Waals surface area (Å²) in [6, 6.07) is 5.78. The maximum atomic E-state index is 12.3. The lowest BCUT2D eigenvalue weighted by molar-refractivity contribution is -0.133. The Balaban J connectivity index is 1.98. The first kappa shape index (κ1) is 17.8. The molecule has 23 heavy (non-hydrogen) atoms. The van der Waals surface area contributed by atoms with Gasteiger partial charge >= 0.3 is 0 Å². The number of rotatable bonds is 5. The highest BCUT2D eigenvalue weighted by Gasteiger charge is 2.32. The molecule has 0 radical (unpaired) electrons. The number of sulfone groups is 1. The molecule has 1 amide bonds. The van der Waals surface area contributed by atoms with Gasteiger partial charge in [0.15, 0.2) is 16.4 Å². The van der Waals surface area contributed by atoms with Crippen LogP contribution >= 0.6 is 0 Å². The number of hydrogen-bond donors (Lipinski definition) is 0. The van der Waals surface area contributed by atoms with E-state index >= 15 is 0 Å². The number of amides is 1. The van der Waals surface area contributed by atoms with Crippen LogP contribution in [0.5, 0.6) is 5.75 Å². The average Bonchev–Trinajstić information content (AvgIpc) is 2.85. The Kier molecular flexibility index (Phi) is 5.34. The summed E-state index contributed by atoms with van der Waals surface area (Å²) in [6.45, 7) is 6.08. The van der Waals surface area contributed by atoms with E-state index in [1.165, 1.54) is 4.90 Å². The van der Waals surface area contributed by atoms with Crippen molar-refractivity contribution in [2.75, 3.05) is 25.2 Å². The molecule has 2 rings (SSSR count). The zero-order valence-corrected chi connectivity index (χ0v) is 15.0. The summed E-state index contributed by atoms with van der Waals surface area (Å²) in [5.41, 5.74) is 2.14. The average molecular weight is 339 g/mol. The smallest absolute Gasteiger partial charge is 0.260 e. The van der Waals surface area contributed by atoms with Crippen LogP contribution in [0.1, 0.15) is 37.3 Å². The highest BCUT2D eigenvalue weighted by Crippen LogP contribution is 2.24. The van der Waals surface area contributed by atoms with E-state index in [9.17, 15) is 13.2 Å². The standard InChI is InChI=1S/C17H25NO4S/c1-12(2)14-6-5-13(3)16(9-14)22-10-17(19)18(4)15-7-8-23(20,21)11-15/h5-6,9,12,15H,7-8,10-11H2,1-4H3/t15-/m1/s1. The molecular formula is C17H25NO4S. The number of benzene rings is 1. The monoisotopic (exact) mass is 339 g/mol. The van der Waals surface area contributed by atoms with E-state index in [-0.39, 0.29) is 30.1 Å². The van der Waals surface area contributed by atoms with Gasteiger partial charge < -0.3 is 9.64 Å². The Hall–Kier alpha value is -1.56. The molecule has 6 heteroatoms. The lowest BCUT2D eigenvalue weighted by atomic mass is 10.0. The fraction of sp³-hybridized carbons (Fsp3) is 0.588. The van der Waals surface area contributed by atoms with Crippen LogP contribution in [-0.4, -0.2) is 50.4 Å². The quantitative estimate of drug-likeness (QED) is 0.824. The third-order valence-electron chi connectivity index (χ3n) is 4.38. The number of carbonyl (C=O) groups excluding carboxylic acids is 1. The minimum atomic E-state index is -3.00. The van der Waals surface area contributed by atoms with E-state index in [1.807, 2.05) is 19.1 Å². The number of carbonyl (C=O) groups is 1. The number of nitrogens with zero attached hydrogens (tertiary/aromatic N) is 1. The molecule has 0 aromatic heterocycles. The summed E-state index contributed by atoms with van der Waals surface area (Å²) in [5.74, 6) is 1.11. The third-order valence-corrected chi connectivity index (χ3v) is 6.13. The number of likely N-dealkylation sites (N-methyl/N-ethyl adjacent to an activating group) is 1. The molecule has 1 heterocycles. The SMILES string of the molecule is Cc1ccc(C(C)C)cc1OCC(=O)N(C)[C@@H]1CCS(=O)(=O)C1. The van der Waals surface area contributed by atoms with Gasteiger partial charge in [-0.1, -0.05) is 26.0 Å². The highest BCUT2D eigenvalue weighted by molar-refractivity contribution is 7.91. The molecule has 0 spiro atoms. The van der Waals surface area contributed by atoms with Crippen molar-refractivity contribution >= 4 is 15.7 Å². The predicted octanol–water partition coefficient (Wildman–Crippen LogP) is 2.14. The van der Waals surface area contributed by atoms with E-state index in [0.717, 1.165) is 11.1 Å². The van der Waals surface area contributed by atoms with Crippen LogP contribution in [0.3, 0.4) is 0 Å². The first-order chi connectivity index (χ1) is 10.7. The van der Waals surface area contributed by atoms with E-state index in [1.54, 1.807) is 7.05 Å². The van der Waals surface area contributed by atoms with Gasteiger partial charge in [-0.2, -0.15) is 0 Å². The Morgan fingerprint density at radius 3 is 2.65 bits per heavy atom. The summed E-state index contributed by atoms with van der Waals surface area (Å²) >= 11 is 0.